The zero-order chi connectivity index (χ0) is 20.7. The molecule has 28 heavy (non-hydrogen) atoms. The van der Waals surface area contributed by atoms with Crippen LogP contribution in [-0.2, 0) is 4.84 Å². The Morgan fingerprint density at radius 1 is 1.21 bits per heavy atom. The van der Waals surface area contributed by atoms with Crippen molar-refractivity contribution in [1.29, 1.82) is 0 Å². The Morgan fingerprint density at radius 2 is 1.86 bits per heavy atom. The van der Waals surface area contributed by atoms with Crippen LogP contribution in [0.1, 0.15) is 48.3 Å². The molecule has 3 rings (SSSR count). The second kappa shape index (κ2) is 10.2. The number of carbonyl (C=O) groups is 1. The number of oxime groups is 1. The van der Waals surface area contributed by atoms with Crippen molar-refractivity contribution in [3.63, 3.8) is 0 Å². The summed E-state index contributed by atoms with van der Waals surface area (Å²) in [5.74, 6) is 0.589. The van der Waals surface area contributed by atoms with E-state index in [1.54, 1.807) is 12.1 Å². The first-order valence-corrected chi connectivity index (χ1v) is 10.1. The second-order valence-corrected chi connectivity index (χ2v) is 7.11. The van der Waals surface area contributed by atoms with E-state index in [0.717, 1.165) is 18.4 Å². The number of aromatic nitrogens is 1. The number of hydrogen-bond acceptors (Lipinski definition) is 5. The molecule has 1 fully saturated rings. The van der Waals surface area contributed by atoms with E-state index in [2.05, 4.69) is 26.1 Å². The zero-order valence-corrected chi connectivity index (χ0v) is 18.2. The SMILES string of the molecule is CC.COc1nc(/C(N)=N/OC(C(=O)c2ccc(C)cc2)C2CC2)ccc1Br. The number of rotatable bonds is 7. The van der Waals surface area contributed by atoms with Crippen molar-refractivity contribution in [2.75, 3.05) is 7.11 Å². The van der Waals surface area contributed by atoms with Gasteiger partial charge in [0.15, 0.2) is 11.9 Å². The minimum absolute atomic E-state index is 0.0783. The Hall–Kier alpha value is -2.41. The molecule has 0 radical (unpaired) electrons. The van der Waals surface area contributed by atoms with Crippen LogP contribution in [0.3, 0.4) is 0 Å². The smallest absolute Gasteiger partial charge is 0.228 e. The number of pyridine rings is 1. The average molecular weight is 448 g/mol. The molecule has 1 aliphatic carbocycles. The number of nitrogens with two attached hydrogens (primary N) is 1. The molecule has 1 unspecified atom stereocenters. The summed E-state index contributed by atoms with van der Waals surface area (Å²) in [5.41, 5.74) is 8.11. The van der Waals surface area contributed by atoms with Gasteiger partial charge in [0.1, 0.15) is 5.69 Å². The number of amidine groups is 1. The third-order valence-electron chi connectivity index (χ3n) is 4.18. The molecule has 0 amide bonds. The summed E-state index contributed by atoms with van der Waals surface area (Å²) in [6.45, 7) is 5.98. The highest BCUT2D eigenvalue weighted by Gasteiger charge is 2.39. The predicted octanol–water partition coefficient (Wildman–Crippen LogP) is 4.49. The Bertz CT molecular complexity index is 833. The first kappa shape index (κ1) is 21.9. The van der Waals surface area contributed by atoms with E-state index < -0.39 is 6.10 Å². The molecule has 1 aromatic heterocycles. The molecule has 7 heteroatoms. The fourth-order valence-corrected chi connectivity index (χ4v) is 2.88. The number of nitrogens with zero attached hydrogens (tertiary/aromatic N) is 2. The maximum atomic E-state index is 12.8. The van der Waals surface area contributed by atoms with Gasteiger partial charge in [0.25, 0.3) is 0 Å². The number of methoxy groups -OCH3 is 1. The number of carbonyl (C=O) groups excluding carboxylic acids is 1. The van der Waals surface area contributed by atoms with E-state index in [1.807, 2.05) is 45.0 Å². The fourth-order valence-electron chi connectivity index (χ4n) is 2.50. The first-order chi connectivity index (χ1) is 13.5. The molecule has 1 atom stereocenters. The summed E-state index contributed by atoms with van der Waals surface area (Å²) in [7, 11) is 1.52. The van der Waals surface area contributed by atoms with Crippen molar-refractivity contribution in [3.05, 3.63) is 57.7 Å². The van der Waals surface area contributed by atoms with Gasteiger partial charge in [0.2, 0.25) is 11.7 Å². The molecule has 6 nitrogen and oxygen atoms in total. The highest BCUT2D eigenvalue weighted by Crippen LogP contribution is 2.36. The summed E-state index contributed by atoms with van der Waals surface area (Å²) >= 11 is 3.34. The van der Waals surface area contributed by atoms with Gasteiger partial charge in [-0.05, 0) is 47.8 Å². The summed E-state index contributed by atoms with van der Waals surface area (Å²) in [6.07, 6.45) is 1.26. The largest absolute Gasteiger partial charge is 0.480 e. The van der Waals surface area contributed by atoms with Crippen molar-refractivity contribution in [2.24, 2.45) is 16.8 Å². The van der Waals surface area contributed by atoms with E-state index in [0.29, 0.717) is 21.6 Å². The zero-order valence-electron chi connectivity index (χ0n) is 16.6. The fraction of sp³-hybridized carbons (Fsp3) is 0.381. The summed E-state index contributed by atoms with van der Waals surface area (Å²) in [5, 5.41) is 3.97. The molecule has 1 heterocycles. The quantitative estimate of drug-likeness (QED) is 0.292. The Labute approximate surface area is 174 Å². The van der Waals surface area contributed by atoms with Crippen LogP contribution in [0.4, 0.5) is 0 Å². The third kappa shape index (κ3) is 5.55. The third-order valence-corrected chi connectivity index (χ3v) is 4.78. The predicted molar refractivity (Wildman–Crippen MR) is 114 cm³/mol. The van der Waals surface area contributed by atoms with Crippen molar-refractivity contribution in [3.8, 4) is 5.88 Å². The molecule has 2 N–H and O–H groups in total. The number of ketones is 1. The minimum Gasteiger partial charge on any atom is -0.480 e. The lowest BCUT2D eigenvalue weighted by Crippen LogP contribution is -2.27. The van der Waals surface area contributed by atoms with Gasteiger partial charge in [-0.2, -0.15) is 0 Å². The van der Waals surface area contributed by atoms with Crippen molar-refractivity contribution >= 4 is 27.5 Å². The number of aryl methyl sites for hydroxylation is 1. The molecular weight excluding hydrogens is 422 g/mol. The van der Waals surface area contributed by atoms with Crippen LogP contribution in [0.25, 0.3) is 0 Å². The maximum absolute atomic E-state index is 12.8. The molecule has 0 spiro atoms. The van der Waals surface area contributed by atoms with E-state index >= 15 is 0 Å². The van der Waals surface area contributed by atoms with Crippen molar-refractivity contribution in [2.45, 2.75) is 39.7 Å². The van der Waals surface area contributed by atoms with Gasteiger partial charge in [-0.15, -0.1) is 0 Å². The number of ether oxygens (including phenoxy) is 1. The molecule has 0 bridgehead atoms. The van der Waals surface area contributed by atoms with Crippen LogP contribution in [0.2, 0.25) is 0 Å². The number of halogens is 1. The lowest BCUT2D eigenvalue weighted by molar-refractivity contribution is 0.0352. The van der Waals surface area contributed by atoms with Crippen molar-refractivity contribution < 1.29 is 14.4 Å². The van der Waals surface area contributed by atoms with Gasteiger partial charge in [0.05, 0.1) is 11.6 Å². The van der Waals surface area contributed by atoms with E-state index in [9.17, 15) is 4.79 Å². The number of hydrogen-bond donors (Lipinski definition) is 1. The molecule has 1 saturated carbocycles. The number of benzene rings is 1. The Kier molecular flexibility index (Phi) is 7.99. The van der Waals surface area contributed by atoms with Crippen LogP contribution in [0.15, 0.2) is 46.0 Å². The van der Waals surface area contributed by atoms with Gasteiger partial charge in [0, 0.05) is 11.5 Å². The molecule has 0 aliphatic heterocycles. The highest BCUT2D eigenvalue weighted by molar-refractivity contribution is 9.10. The van der Waals surface area contributed by atoms with Crippen LogP contribution in [0.5, 0.6) is 5.88 Å². The van der Waals surface area contributed by atoms with E-state index in [-0.39, 0.29) is 17.5 Å². The maximum Gasteiger partial charge on any atom is 0.228 e. The van der Waals surface area contributed by atoms with Gasteiger partial charge in [-0.25, -0.2) is 4.98 Å². The average Bonchev–Trinajstić information content (AvgIpc) is 3.55. The molecule has 1 aliphatic rings. The monoisotopic (exact) mass is 447 g/mol. The number of Topliss-reactive ketones (excluding diaryl/α,β-unsaturated/α-hetero) is 1. The Balaban J connectivity index is 0.00000136. The molecular formula is C21H26BrN3O3. The van der Waals surface area contributed by atoms with Gasteiger partial charge in [-0.1, -0.05) is 48.8 Å². The second-order valence-electron chi connectivity index (χ2n) is 6.26. The standard InChI is InChI=1S/C19H20BrN3O3.C2H6/c1-11-3-5-12(6-4-11)16(24)17(13-7-8-13)26-23-18(21)15-10-9-14(20)19(22-15)25-2;1-2/h3-6,9-10,13,17H,7-8H2,1-2H3,(H2,21,23);1-2H3. The van der Waals surface area contributed by atoms with Gasteiger partial charge in [-0.3, -0.25) is 4.79 Å². The topological polar surface area (TPSA) is 86.8 Å². The lowest BCUT2D eigenvalue weighted by atomic mass is 10.0. The van der Waals surface area contributed by atoms with E-state index in [4.69, 9.17) is 15.3 Å². The molecule has 1 aromatic carbocycles. The van der Waals surface area contributed by atoms with Crippen LogP contribution in [-0.4, -0.2) is 29.8 Å². The summed E-state index contributed by atoms with van der Waals surface area (Å²) in [6, 6.07) is 10.9. The highest BCUT2D eigenvalue weighted by atomic mass is 79.9. The first-order valence-electron chi connectivity index (χ1n) is 9.30. The van der Waals surface area contributed by atoms with Crippen LogP contribution >= 0.6 is 15.9 Å². The molecule has 150 valence electrons. The summed E-state index contributed by atoms with van der Waals surface area (Å²) < 4.78 is 5.86. The normalized spacial score (nSPS) is 14.5. The lowest BCUT2D eigenvalue weighted by Gasteiger charge is -2.14. The summed E-state index contributed by atoms with van der Waals surface area (Å²) in [4.78, 5) is 22.6. The minimum atomic E-state index is -0.631. The van der Waals surface area contributed by atoms with Crippen LogP contribution < -0.4 is 10.5 Å². The molecule has 2 aromatic rings. The van der Waals surface area contributed by atoms with Gasteiger partial charge >= 0.3 is 0 Å². The van der Waals surface area contributed by atoms with Crippen molar-refractivity contribution in [1.82, 2.24) is 4.98 Å². The van der Waals surface area contributed by atoms with E-state index in [1.165, 1.54) is 7.11 Å². The van der Waals surface area contributed by atoms with Gasteiger partial charge < -0.3 is 15.3 Å². The Morgan fingerprint density at radius 3 is 2.43 bits per heavy atom. The molecule has 0 saturated heterocycles. The van der Waals surface area contributed by atoms with Crippen LogP contribution in [0, 0.1) is 12.8 Å².